The van der Waals surface area contributed by atoms with Crippen LogP contribution in [0.15, 0.2) is 17.0 Å². The lowest BCUT2D eigenvalue weighted by Crippen LogP contribution is -2.35. The van der Waals surface area contributed by atoms with Gasteiger partial charge in [0.05, 0.1) is 0 Å². The molecule has 0 aromatic heterocycles. The lowest BCUT2D eigenvalue weighted by atomic mass is 10.1. The molecule has 1 unspecified atom stereocenters. The van der Waals surface area contributed by atoms with Crippen molar-refractivity contribution in [2.45, 2.75) is 39.0 Å². The first-order valence-electron chi connectivity index (χ1n) is 6.79. The highest BCUT2D eigenvalue weighted by molar-refractivity contribution is 7.89. The van der Waals surface area contributed by atoms with Crippen LogP contribution in [0, 0.1) is 18.7 Å². The van der Waals surface area contributed by atoms with Gasteiger partial charge in [0, 0.05) is 18.8 Å². The maximum atomic E-state index is 14.1. The average Bonchev–Trinajstić information content (AvgIpc) is 2.39. The standard InChI is InChI=1S/C14H23FN2O2S/c1-5-10(3)9-17(6-2)20(18,19)13-8-12(16)7-11(4)14(13)15/h7-8,10H,5-6,9,16H2,1-4H3. The van der Waals surface area contributed by atoms with E-state index in [0.717, 1.165) is 6.42 Å². The molecular formula is C14H23FN2O2S. The van der Waals surface area contributed by atoms with Gasteiger partial charge in [-0.3, -0.25) is 0 Å². The molecule has 1 aromatic rings. The molecule has 0 spiro atoms. The molecule has 0 saturated carbocycles. The van der Waals surface area contributed by atoms with Gasteiger partial charge in [0.15, 0.2) is 0 Å². The molecule has 4 nitrogen and oxygen atoms in total. The second-order valence-corrected chi connectivity index (χ2v) is 7.03. The Kier molecular flexibility index (Phi) is 5.53. The van der Waals surface area contributed by atoms with Gasteiger partial charge in [-0.15, -0.1) is 0 Å². The molecule has 0 heterocycles. The monoisotopic (exact) mass is 302 g/mol. The summed E-state index contributed by atoms with van der Waals surface area (Å²) in [5, 5.41) is 0. The number of benzene rings is 1. The normalized spacial score (nSPS) is 13.7. The zero-order chi connectivity index (χ0) is 15.5. The number of hydrogen-bond acceptors (Lipinski definition) is 3. The van der Waals surface area contributed by atoms with Crippen molar-refractivity contribution in [1.29, 1.82) is 0 Å². The van der Waals surface area contributed by atoms with Gasteiger partial charge in [-0.1, -0.05) is 27.2 Å². The molecule has 6 heteroatoms. The molecule has 20 heavy (non-hydrogen) atoms. The Morgan fingerprint density at radius 2 is 1.95 bits per heavy atom. The van der Waals surface area contributed by atoms with Crippen LogP contribution in [0.5, 0.6) is 0 Å². The Balaban J connectivity index is 3.27. The lowest BCUT2D eigenvalue weighted by molar-refractivity contribution is 0.359. The Hall–Kier alpha value is -1.14. The van der Waals surface area contributed by atoms with E-state index in [1.54, 1.807) is 6.92 Å². The van der Waals surface area contributed by atoms with E-state index in [-0.39, 0.29) is 22.1 Å². The van der Waals surface area contributed by atoms with Crippen LogP contribution in [0.3, 0.4) is 0 Å². The van der Waals surface area contributed by atoms with Gasteiger partial charge in [0.25, 0.3) is 0 Å². The Morgan fingerprint density at radius 3 is 2.45 bits per heavy atom. The Labute approximate surface area is 120 Å². The molecule has 0 aliphatic rings. The minimum absolute atomic E-state index is 0.218. The zero-order valence-corrected chi connectivity index (χ0v) is 13.3. The smallest absolute Gasteiger partial charge is 0.246 e. The van der Waals surface area contributed by atoms with Crippen molar-refractivity contribution >= 4 is 15.7 Å². The molecule has 1 aromatic carbocycles. The first-order valence-corrected chi connectivity index (χ1v) is 8.23. The number of nitrogen functional groups attached to an aromatic ring is 1. The highest BCUT2D eigenvalue weighted by Crippen LogP contribution is 2.25. The van der Waals surface area contributed by atoms with Gasteiger partial charge in [0.2, 0.25) is 10.0 Å². The fraction of sp³-hybridized carbons (Fsp3) is 0.571. The first kappa shape index (κ1) is 16.9. The fourth-order valence-electron chi connectivity index (χ4n) is 1.96. The van der Waals surface area contributed by atoms with Gasteiger partial charge < -0.3 is 5.73 Å². The first-order chi connectivity index (χ1) is 9.23. The number of sulfonamides is 1. The van der Waals surface area contributed by atoms with Gasteiger partial charge in [-0.05, 0) is 30.5 Å². The molecule has 0 aliphatic heterocycles. The maximum absolute atomic E-state index is 14.1. The zero-order valence-electron chi connectivity index (χ0n) is 12.5. The van der Waals surface area contributed by atoms with Crippen molar-refractivity contribution in [2.24, 2.45) is 5.92 Å². The van der Waals surface area contributed by atoms with Crippen molar-refractivity contribution in [3.63, 3.8) is 0 Å². The van der Waals surface area contributed by atoms with E-state index in [9.17, 15) is 12.8 Å². The number of nitrogens with zero attached hydrogens (tertiary/aromatic N) is 1. The summed E-state index contributed by atoms with van der Waals surface area (Å²) in [7, 11) is -3.85. The van der Waals surface area contributed by atoms with Crippen LogP contribution in [-0.4, -0.2) is 25.8 Å². The van der Waals surface area contributed by atoms with Crippen LogP contribution in [-0.2, 0) is 10.0 Å². The van der Waals surface area contributed by atoms with E-state index in [1.165, 1.54) is 23.4 Å². The summed E-state index contributed by atoms with van der Waals surface area (Å²) in [6, 6.07) is 2.62. The third kappa shape index (κ3) is 3.49. The van der Waals surface area contributed by atoms with Crippen LogP contribution in [0.4, 0.5) is 10.1 Å². The average molecular weight is 302 g/mol. The molecule has 114 valence electrons. The van der Waals surface area contributed by atoms with Crippen LogP contribution >= 0.6 is 0 Å². The van der Waals surface area contributed by atoms with Crippen molar-refractivity contribution in [2.75, 3.05) is 18.8 Å². The predicted octanol–water partition coefficient (Wildman–Crippen LogP) is 2.77. The van der Waals surface area contributed by atoms with Crippen molar-refractivity contribution in [1.82, 2.24) is 4.31 Å². The molecule has 0 amide bonds. The molecule has 1 rings (SSSR count). The number of hydrogen-bond donors (Lipinski definition) is 1. The summed E-state index contributed by atoms with van der Waals surface area (Å²) in [5.74, 6) is -0.503. The number of anilines is 1. The van der Waals surface area contributed by atoms with Crippen LogP contribution in [0.25, 0.3) is 0 Å². The van der Waals surface area contributed by atoms with Gasteiger partial charge >= 0.3 is 0 Å². The fourth-order valence-corrected chi connectivity index (χ4v) is 3.71. The van der Waals surface area contributed by atoms with Crippen LogP contribution in [0.1, 0.15) is 32.8 Å². The molecule has 0 saturated heterocycles. The van der Waals surface area contributed by atoms with E-state index in [2.05, 4.69) is 0 Å². The second-order valence-electron chi connectivity index (χ2n) is 5.12. The van der Waals surface area contributed by atoms with E-state index >= 15 is 0 Å². The summed E-state index contributed by atoms with van der Waals surface area (Å²) >= 11 is 0. The molecule has 0 radical (unpaired) electrons. The molecule has 0 bridgehead atoms. The number of rotatable bonds is 6. The highest BCUT2D eigenvalue weighted by atomic mass is 32.2. The summed E-state index contributed by atoms with van der Waals surface area (Å²) in [4.78, 5) is -0.333. The maximum Gasteiger partial charge on any atom is 0.246 e. The topological polar surface area (TPSA) is 63.4 Å². The highest BCUT2D eigenvalue weighted by Gasteiger charge is 2.28. The SMILES string of the molecule is CCC(C)CN(CC)S(=O)(=O)c1cc(N)cc(C)c1F. The summed E-state index contributed by atoms with van der Waals surface area (Å²) < 4.78 is 40.6. The largest absolute Gasteiger partial charge is 0.399 e. The minimum atomic E-state index is -3.85. The van der Waals surface area contributed by atoms with Gasteiger partial charge in [-0.25, -0.2) is 12.8 Å². The van der Waals surface area contributed by atoms with Crippen LogP contribution in [0.2, 0.25) is 0 Å². The summed E-state index contributed by atoms with van der Waals surface area (Å²) in [5.41, 5.74) is 6.14. The molecule has 0 fully saturated rings. The third-order valence-electron chi connectivity index (χ3n) is 3.43. The predicted molar refractivity (Wildman–Crippen MR) is 79.4 cm³/mol. The quantitative estimate of drug-likeness (QED) is 0.822. The molecule has 1 atom stereocenters. The summed E-state index contributed by atoms with van der Waals surface area (Å²) in [6.07, 6.45) is 0.866. The Bertz CT molecular complexity index is 573. The van der Waals surface area contributed by atoms with E-state index < -0.39 is 15.8 Å². The molecule has 0 aliphatic carbocycles. The summed E-state index contributed by atoms with van der Waals surface area (Å²) in [6.45, 7) is 7.91. The third-order valence-corrected chi connectivity index (χ3v) is 5.37. The van der Waals surface area contributed by atoms with Gasteiger partial charge in [0.1, 0.15) is 10.7 Å². The lowest BCUT2D eigenvalue weighted by Gasteiger charge is -2.24. The molecule has 2 N–H and O–H groups in total. The minimum Gasteiger partial charge on any atom is -0.399 e. The number of nitrogens with two attached hydrogens (primary N) is 1. The number of halogens is 1. The molecular weight excluding hydrogens is 279 g/mol. The number of aryl methyl sites for hydroxylation is 1. The Morgan fingerprint density at radius 1 is 1.35 bits per heavy atom. The van der Waals surface area contributed by atoms with Crippen molar-refractivity contribution in [3.05, 3.63) is 23.5 Å². The van der Waals surface area contributed by atoms with E-state index in [4.69, 9.17) is 5.73 Å². The second kappa shape index (κ2) is 6.54. The van der Waals surface area contributed by atoms with Crippen molar-refractivity contribution in [3.8, 4) is 0 Å². The van der Waals surface area contributed by atoms with Crippen LogP contribution < -0.4 is 5.73 Å². The van der Waals surface area contributed by atoms with Crippen molar-refractivity contribution < 1.29 is 12.8 Å². The van der Waals surface area contributed by atoms with E-state index in [1.807, 2.05) is 13.8 Å². The van der Waals surface area contributed by atoms with Gasteiger partial charge in [-0.2, -0.15) is 4.31 Å². The van der Waals surface area contributed by atoms with E-state index in [0.29, 0.717) is 13.1 Å².